The summed E-state index contributed by atoms with van der Waals surface area (Å²) < 4.78 is 13.2. The Morgan fingerprint density at radius 2 is 2.00 bits per heavy atom. The highest BCUT2D eigenvalue weighted by atomic mass is 35.5. The molecule has 2 N–H and O–H groups in total. The van der Waals surface area contributed by atoms with E-state index in [-0.39, 0.29) is 5.82 Å². The van der Waals surface area contributed by atoms with Gasteiger partial charge in [-0.05, 0) is 29.8 Å². The van der Waals surface area contributed by atoms with Crippen LogP contribution in [0, 0.1) is 5.82 Å². The number of rotatable bonds is 3. The van der Waals surface area contributed by atoms with Crippen LogP contribution in [0.15, 0.2) is 48.7 Å². The number of nitrogens with one attached hydrogen (secondary N) is 2. The van der Waals surface area contributed by atoms with E-state index in [0.29, 0.717) is 17.3 Å². The Bertz CT molecular complexity index is 701. The molecule has 4 heteroatoms. The first-order valence-corrected chi connectivity index (χ1v) is 6.35. The number of anilines is 1. The fraction of sp³-hybridized carbons (Fsp3) is 0.0667. The van der Waals surface area contributed by atoms with Gasteiger partial charge in [-0.2, -0.15) is 0 Å². The summed E-state index contributed by atoms with van der Waals surface area (Å²) in [5.41, 5.74) is 2.91. The molecule has 2 nitrogen and oxygen atoms in total. The second-order valence-electron chi connectivity index (χ2n) is 4.37. The maximum absolute atomic E-state index is 13.2. The fourth-order valence-corrected chi connectivity index (χ4v) is 2.35. The normalized spacial score (nSPS) is 10.8. The molecule has 1 heterocycles. The highest BCUT2D eigenvalue weighted by Crippen LogP contribution is 2.21. The molecule has 0 radical (unpaired) electrons. The molecule has 0 saturated heterocycles. The molecule has 0 aliphatic carbocycles. The molecule has 19 heavy (non-hydrogen) atoms. The first kappa shape index (κ1) is 12.1. The first-order valence-electron chi connectivity index (χ1n) is 5.97. The number of aromatic nitrogens is 1. The van der Waals surface area contributed by atoms with E-state index in [9.17, 15) is 4.39 Å². The van der Waals surface area contributed by atoms with E-state index in [1.807, 2.05) is 24.4 Å². The molecule has 0 bridgehead atoms. The molecule has 0 aliphatic rings. The van der Waals surface area contributed by atoms with Crippen molar-refractivity contribution in [1.29, 1.82) is 0 Å². The largest absolute Gasteiger partial charge is 0.381 e. The van der Waals surface area contributed by atoms with Crippen LogP contribution in [0.1, 0.15) is 5.56 Å². The van der Waals surface area contributed by atoms with Crippen molar-refractivity contribution in [2.45, 2.75) is 6.54 Å². The number of hydrogen-bond donors (Lipinski definition) is 2. The van der Waals surface area contributed by atoms with E-state index in [1.165, 1.54) is 12.1 Å². The Balaban J connectivity index is 1.82. The Hall–Kier alpha value is -2.00. The van der Waals surface area contributed by atoms with Crippen molar-refractivity contribution in [2.75, 3.05) is 5.32 Å². The van der Waals surface area contributed by atoms with Crippen molar-refractivity contribution in [3.05, 3.63) is 65.1 Å². The van der Waals surface area contributed by atoms with Gasteiger partial charge in [0.25, 0.3) is 0 Å². The molecular formula is C15H12ClFN2. The van der Waals surface area contributed by atoms with E-state index in [1.54, 1.807) is 6.07 Å². The Kier molecular flexibility index (Phi) is 3.13. The summed E-state index contributed by atoms with van der Waals surface area (Å²) in [6.45, 7) is 0.615. The lowest BCUT2D eigenvalue weighted by atomic mass is 10.2. The molecule has 0 unspecified atom stereocenters. The predicted molar refractivity (Wildman–Crippen MR) is 77.0 cm³/mol. The van der Waals surface area contributed by atoms with Crippen molar-refractivity contribution < 1.29 is 4.39 Å². The topological polar surface area (TPSA) is 27.8 Å². The van der Waals surface area contributed by atoms with Gasteiger partial charge < -0.3 is 10.3 Å². The molecular weight excluding hydrogens is 263 g/mol. The highest BCUT2D eigenvalue weighted by molar-refractivity contribution is 6.30. The quantitative estimate of drug-likeness (QED) is 0.719. The summed E-state index contributed by atoms with van der Waals surface area (Å²) in [6.07, 6.45) is 1.96. The number of aromatic amines is 1. The molecule has 3 rings (SSSR count). The Morgan fingerprint density at radius 1 is 1.16 bits per heavy atom. The van der Waals surface area contributed by atoms with E-state index in [2.05, 4.69) is 16.4 Å². The first-order chi connectivity index (χ1) is 9.22. The minimum Gasteiger partial charge on any atom is -0.381 e. The van der Waals surface area contributed by atoms with Crippen molar-refractivity contribution >= 4 is 28.2 Å². The lowest BCUT2D eigenvalue weighted by molar-refractivity contribution is 0.628. The van der Waals surface area contributed by atoms with Gasteiger partial charge in [-0.15, -0.1) is 0 Å². The monoisotopic (exact) mass is 274 g/mol. The summed E-state index contributed by atoms with van der Waals surface area (Å²) in [4.78, 5) is 3.21. The van der Waals surface area contributed by atoms with Gasteiger partial charge >= 0.3 is 0 Å². The van der Waals surface area contributed by atoms with Crippen LogP contribution in [0.25, 0.3) is 10.9 Å². The number of fused-ring (bicyclic) bond motifs is 1. The van der Waals surface area contributed by atoms with Crippen LogP contribution in [0.2, 0.25) is 5.02 Å². The van der Waals surface area contributed by atoms with Gasteiger partial charge in [-0.3, -0.25) is 0 Å². The summed E-state index contributed by atoms with van der Waals surface area (Å²) in [5, 5.41) is 4.73. The zero-order valence-corrected chi connectivity index (χ0v) is 10.8. The average Bonchev–Trinajstić information content (AvgIpc) is 2.78. The van der Waals surface area contributed by atoms with Gasteiger partial charge in [-0.25, -0.2) is 4.39 Å². The van der Waals surface area contributed by atoms with Gasteiger partial charge in [0.05, 0.1) is 0 Å². The van der Waals surface area contributed by atoms with Crippen molar-refractivity contribution in [1.82, 2.24) is 4.98 Å². The van der Waals surface area contributed by atoms with Crippen LogP contribution < -0.4 is 5.32 Å². The number of H-pyrrole nitrogens is 1. The lowest BCUT2D eigenvalue weighted by Gasteiger charge is -2.06. The summed E-state index contributed by atoms with van der Waals surface area (Å²) >= 11 is 5.82. The van der Waals surface area contributed by atoms with Crippen LogP contribution in [-0.4, -0.2) is 4.98 Å². The minimum absolute atomic E-state index is 0.339. The Labute approximate surface area is 115 Å². The number of halogens is 2. The Morgan fingerprint density at radius 3 is 2.84 bits per heavy atom. The SMILES string of the molecule is Fc1cc(Cl)cc(NCc2c[nH]c3ccccc23)c1. The van der Waals surface area contributed by atoms with Crippen LogP contribution in [0.5, 0.6) is 0 Å². The van der Waals surface area contributed by atoms with Crippen LogP contribution in [0.4, 0.5) is 10.1 Å². The molecule has 0 saturated carbocycles. The van der Waals surface area contributed by atoms with Gasteiger partial charge in [0.1, 0.15) is 5.82 Å². The lowest BCUT2D eigenvalue weighted by Crippen LogP contribution is -1.99. The van der Waals surface area contributed by atoms with Crippen molar-refractivity contribution in [3.8, 4) is 0 Å². The number of hydrogen-bond acceptors (Lipinski definition) is 1. The zero-order chi connectivity index (χ0) is 13.2. The molecule has 2 aromatic carbocycles. The molecule has 0 spiro atoms. The van der Waals surface area contributed by atoms with Crippen LogP contribution >= 0.6 is 11.6 Å². The summed E-state index contributed by atoms with van der Waals surface area (Å²) in [6, 6.07) is 12.5. The maximum Gasteiger partial charge on any atom is 0.126 e. The summed E-state index contributed by atoms with van der Waals surface area (Å²) in [5.74, 6) is -0.339. The van der Waals surface area contributed by atoms with Crippen LogP contribution in [0.3, 0.4) is 0 Å². The molecule has 1 aromatic heterocycles. The third kappa shape index (κ3) is 2.56. The van der Waals surface area contributed by atoms with Gasteiger partial charge in [-0.1, -0.05) is 29.8 Å². The van der Waals surface area contributed by atoms with Crippen LogP contribution in [-0.2, 0) is 6.54 Å². The summed E-state index contributed by atoms with van der Waals surface area (Å²) in [7, 11) is 0. The minimum atomic E-state index is -0.339. The third-order valence-electron chi connectivity index (χ3n) is 3.02. The average molecular weight is 275 g/mol. The van der Waals surface area contributed by atoms with E-state index >= 15 is 0 Å². The third-order valence-corrected chi connectivity index (χ3v) is 3.24. The van der Waals surface area contributed by atoms with Crippen molar-refractivity contribution in [3.63, 3.8) is 0 Å². The number of para-hydroxylation sites is 1. The fourth-order valence-electron chi connectivity index (χ4n) is 2.13. The second-order valence-corrected chi connectivity index (χ2v) is 4.81. The standard InChI is InChI=1S/C15H12ClFN2/c16-11-5-12(17)7-13(6-11)18-8-10-9-19-15-4-2-1-3-14(10)15/h1-7,9,18-19H,8H2. The molecule has 0 amide bonds. The van der Waals surface area contributed by atoms with E-state index < -0.39 is 0 Å². The molecule has 0 fully saturated rings. The molecule has 0 aliphatic heterocycles. The maximum atomic E-state index is 13.2. The van der Waals surface area contributed by atoms with E-state index in [4.69, 9.17) is 11.6 Å². The molecule has 3 aromatic rings. The number of benzene rings is 2. The zero-order valence-electron chi connectivity index (χ0n) is 10.1. The van der Waals surface area contributed by atoms with Gasteiger partial charge in [0, 0.05) is 34.4 Å². The van der Waals surface area contributed by atoms with Crippen molar-refractivity contribution in [2.24, 2.45) is 0 Å². The van der Waals surface area contributed by atoms with Gasteiger partial charge in [0.15, 0.2) is 0 Å². The highest BCUT2D eigenvalue weighted by Gasteiger charge is 2.03. The predicted octanol–water partition coefficient (Wildman–Crippen LogP) is 4.57. The smallest absolute Gasteiger partial charge is 0.126 e. The van der Waals surface area contributed by atoms with E-state index in [0.717, 1.165) is 16.5 Å². The molecule has 0 atom stereocenters. The van der Waals surface area contributed by atoms with Gasteiger partial charge in [0.2, 0.25) is 0 Å². The molecule has 96 valence electrons. The second kappa shape index (κ2) is 4.94.